The van der Waals surface area contributed by atoms with Crippen LogP contribution in [0.15, 0.2) is 54.6 Å². The molecular weight excluding hydrogens is 302 g/mol. The highest BCUT2D eigenvalue weighted by molar-refractivity contribution is 5.69. The average Bonchev–Trinajstić information content (AvgIpc) is 2.48. The van der Waals surface area contributed by atoms with Crippen molar-refractivity contribution in [3.63, 3.8) is 0 Å². The van der Waals surface area contributed by atoms with Gasteiger partial charge in [0.25, 0.3) is 0 Å². The van der Waals surface area contributed by atoms with Crippen molar-refractivity contribution in [3.05, 3.63) is 65.7 Å². The maximum atomic E-state index is 11.0. The topological polar surface area (TPSA) is 49.8 Å². The third kappa shape index (κ3) is 6.52. The molecule has 0 fully saturated rings. The van der Waals surface area contributed by atoms with Crippen LogP contribution in [0.4, 0.5) is 0 Å². The lowest BCUT2D eigenvalue weighted by molar-refractivity contribution is -0.131. The smallest absolute Gasteiger partial charge is 0.308 e. The zero-order valence-electron chi connectivity index (χ0n) is 14.5. The van der Waals surface area contributed by atoms with Gasteiger partial charge in [-0.1, -0.05) is 42.5 Å². The van der Waals surface area contributed by atoms with Crippen molar-refractivity contribution < 1.29 is 14.6 Å². The summed E-state index contributed by atoms with van der Waals surface area (Å²) in [6.45, 7) is 7.05. The van der Waals surface area contributed by atoms with Crippen molar-refractivity contribution in [1.29, 1.82) is 0 Å². The summed E-state index contributed by atoms with van der Waals surface area (Å²) in [6.07, 6.45) is 0. The minimum Gasteiger partial charge on any atom is -0.427 e. The van der Waals surface area contributed by atoms with Crippen LogP contribution in [0.25, 0.3) is 0 Å². The fraction of sp³-hybridized carbons (Fsp3) is 0.350. The van der Waals surface area contributed by atoms with Gasteiger partial charge < -0.3 is 9.84 Å². The molecule has 0 aliphatic carbocycles. The highest BCUT2D eigenvalue weighted by atomic mass is 16.5. The second-order valence-corrected chi connectivity index (χ2v) is 6.68. The Morgan fingerprint density at radius 2 is 1.54 bits per heavy atom. The summed E-state index contributed by atoms with van der Waals surface area (Å²) in [7, 11) is 0. The molecule has 0 aliphatic rings. The van der Waals surface area contributed by atoms with E-state index in [4.69, 9.17) is 4.74 Å². The lowest BCUT2D eigenvalue weighted by Crippen LogP contribution is -2.37. The summed E-state index contributed by atoms with van der Waals surface area (Å²) in [5.41, 5.74) is 1.54. The van der Waals surface area contributed by atoms with E-state index in [9.17, 15) is 9.90 Å². The summed E-state index contributed by atoms with van der Waals surface area (Å²) in [4.78, 5) is 13.2. The normalized spacial score (nSPS) is 11.5. The molecule has 0 unspecified atom stereocenters. The van der Waals surface area contributed by atoms with E-state index >= 15 is 0 Å². The van der Waals surface area contributed by atoms with Gasteiger partial charge in [-0.3, -0.25) is 9.69 Å². The lowest BCUT2D eigenvalue weighted by Gasteiger charge is -2.29. The predicted octanol–water partition coefficient (Wildman–Crippen LogP) is 3.39. The van der Waals surface area contributed by atoms with Crippen LogP contribution >= 0.6 is 0 Å². The first-order valence-corrected chi connectivity index (χ1v) is 8.08. The molecule has 0 saturated heterocycles. The van der Waals surface area contributed by atoms with Crippen LogP contribution < -0.4 is 4.74 Å². The second kappa shape index (κ2) is 8.08. The van der Waals surface area contributed by atoms with Crippen LogP contribution in [0, 0.1) is 0 Å². The molecule has 0 amide bonds. The lowest BCUT2D eigenvalue weighted by atomic mass is 10.1. The SMILES string of the molecule is CC(=O)Oc1ccc(CN(Cc2ccccc2)CC(C)(C)O)cc1. The molecule has 4 heteroatoms. The zero-order chi connectivity index (χ0) is 17.6. The summed E-state index contributed by atoms with van der Waals surface area (Å²) in [6, 6.07) is 17.7. The maximum absolute atomic E-state index is 11.0. The maximum Gasteiger partial charge on any atom is 0.308 e. The molecule has 0 bridgehead atoms. The Bertz CT molecular complexity index is 645. The van der Waals surface area contributed by atoms with Gasteiger partial charge in [0.05, 0.1) is 5.60 Å². The number of aliphatic hydroxyl groups is 1. The molecule has 0 spiro atoms. The van der Waals surface area contributed by atoms with E-state index < -0.39 is 5.60 Å². The van der Waals surface area contributed by atoms with Gasteiger partial charge in [0, 0.05) is 26.6 Å². The zero-order valence-corrected chi connectivity index (χ0v) is 14.5. The van der Waals surface area contributed by atoms with E-state index in [1.54, 1.807) is 12.1 Å². The third-order valence-electron chi connectivity index (χ3n) is 3.45. The van der Waals surface area contributed by atoms with Gasteiger partial charge >= 0.3 is 5.97 Å². The number of nitrogens with zero attached hydrogens (tertiary/aromatic N) is 1. The third-order valence-corrected chi connectivity index (χ3v) is 3.45. The van der Waals surface area contributed by atoms with Gasteiger partial charge in [-0.25, -0.2) is 0 Å². The van der Waals surface area contributed by atoms with Crippen LogP contribution in [0.5, 0.6) is 5.75 Å². The molecule has 0 aliphatic heterocycles. The fourth-order valence-electron chi connectivity index (χ4n) is 2.64. The van der Waals surface area contributed by atoms with Gasteiger partial charge in [-0.2, -0.15) is 0 Å². The Balaban J connectivity index is 2.08. The molecule has 0 radical (unpaired) electrons. The molecule has 1 N–H and O–H groups in total. The Labute approximate surface area is 143 Å². The molecule has 2 rings (SSSR count). The number of carbonyl (C=O) groups excluding carboxylic acids is 1. The number of hydrogen-bond donors (Lipinski definition) is 1. The average molecular weight is 327 g/mol. The van der Waals surface area contributed by atoms with Crippen LogP contribution in [0.3, 0.4) is 0 Å². The Kier molecular flexibility index (Phi) is 6.12. The standard InChI is InChI=1S/C20H25NO3/c1-16(22)24-19-11-9-18(10-12-19)14-21(15-20(2,3)23)13-17-7-5-4-6-8-17/h4-12,23H,13-15H2,1-3H3. The number of hydrogen-bond acceptors (Lipinski definition) is 4. The van der Waals surface area contributed by atoms with E-state index in [2.05, 4.69) is 17.0 Å². The number of ether oxygens (including phenoxy) is 1. The minimum absolute atomic E-state index is 0.324. The first kappa shape index (κ1) is 18.2. The summed E-state index contributed by atoms with van der Waals surface area (Å²) < 4.78 is 5.06. The molecule has 0 saturated carbocycles. The minimum atomic E-state index is -0.771. The predicted molar refractivity (Wildman–Crippen MR) is 94.6 cm³/mol. The second-order valence-electron chi connectivity index (χ2n) is 6.68. The van der Waals surface area contributed by atoms with Crippen molar-refractivity contribution in [1.82, 2.24) is 4.90 Å². The van der Waals surface area contributed by atoms with Gasteiger partial charge in [0.1, 0.15) is 5.75 Å². The molecule has 0 atom stereocenters. The number of esters is 1. The van der Waals surface area contributed by atoms with E-state index in [1.165, 1.54) is 12.5 Å². The fourth-order valence-corrected chi connectivity index (χ4v) is 2.64. The quantitative estimate of drug-likeness (QED) is 0.625. The number of carbonyl (C=O) groups is 1. The molecule has 24 heavy (non-hydrogen) atoms. The van der Waals surface area contributed by atoms with Crippen molar-refractivity contribution in [3.8, 4) is 5.75 Å². The molecule has 2 aromatic carbocycles. The first-order chi connectivity index (χ1) is 11.3. The molecule has 0 aromatic heterocycles. The monoisotopic (exact) mass is 327 g/mol. The van der Waals surface area contributed by atoms with Crippen molar-refractivity contribution in [2.24, 2.45) is 0 Å². The van der Waals surface area contributed by atoms with Crippen LogP contribution in [-0.4, -0.2) is 28.1 Å². The molecular formula is C20H25NO3. The van der Waals surface area contributed by atoms with Gasteiger partial charge in [-0.05, 0) is 37.1 Å². The first-order valence-electron chi connectivity index (χ1n) is 8.08. The van der Waals surface area contributed by atoms with Gasteiger partial charge in [-0.15, -0.1) is 0 Å². The highest BCUT2D eigenvalue weighted by Gasteiger charge is 2.18. The number of rotatable bonds is 7. The van der Waals surface area contributed by atoms with Crippen molar-refractivity contribution >= 4 is 5.97 Å². The molecule has 128 valence electrons. The Morgan fingerprint density at radius 1 is 1.00 bits per heavy atom. The van der Waals surface area contributed by atoms with Crippen LogP contribution in [0.1, 0.15) is 31.9 Å². The van der Waals surface area contributed by atoms with Crippen LogP contribution in [-0.2, 0) is 17.9 Å². The highest BCUT2D eigenvalue weighted by Crippen LogP contribution is 2.17. The van der Waals surface area contributed by atoms with Crippen molar-refractivity contribution in [2.75, 3.05) is 6.54 Å². The van der Waals surface area contributed by atoms with Gasteiger partial charge in [0.2, 0.25) is 0 Å². The molecule has 4 nitrogen and oxygen atoms in total. The number of benzene rings is 2. The molecule has 0 heterocycles. The van der Waals surface area contributed by atoms with Gasteiger partial charge in [0.15, 0.2) is 0 Å². The van der Waals surface area contributed by atoms with E-state index in [1.807, 2.05) is 44.2 Å². The Morgan fingerprint density at radius 3 is 2.04 bits per heavy atom. The summed E-state index contributed by atoms with van der Waals surface area (Å²) in [5.74, 6) is 0.221. The largest absolute Gasteiger partial charge is 0.427 e. The van der Waals surface area contributed by atoms with Crippen LogP contribution in [0.2, 0.25) is 0 Å². The summed E-state index contributed by atoms with van der Waals surface area (Å²) in [5, 5.41) is 10.2. The van der Waals surface area contributed by atoms with Crippen molar-refractivity contribution in [2.45, 2.75) is 39.5 Å². The van der Waals surface area contributed by atoms with E-state index in [0.29, 0.717) is 18.8 Å². The van der Waals surface area contributed by atoms with E-state index in [-0.39, 0.29) is 5.97 Å². The Hall–Kier alpha value is -2.17. The molecule has 2 aromatic rings. The van der Waals surface area contributed by atoms with E-state index in [0.717, 1.165) is 12.1 Å². The summed E-state index contributed by atoms with van der Waals surface area (Å²) >= 11 is 0.